The lowest BCUT2D eigenvalue weighted by Gasteiger charge is -2.14. The number of rotatable bonds is 5. The molecule has 50 heavy (non-hydrogen) atoms. The smallest absolute Gasteiger partial charge is 0.161 e. The minimum absolute atomic E-state index is 0.660. The van der Waals surface area contributed by atoms with Gasteiger partial charge in [-0.2, -0.15) is 0 Å². The maximum atomic E-state index is 6.80. The molecular weight excluding hydrogens is 631 g/mol. The van der Waals surface area contributed by atoms with Gasteiger partial charge in [-0.15, -0.1) is 11.3 Å². The standard InChI is InChI=1S/C45H27N3OS/c1-2-11-29(12-3-1)37-27-38(48-45(47-37)33-14-5-4-13-30(33)28-23-25-46-26-24-28)34-22-21-32(44-43(34)35-15-6-8-18-39(35)49-44)31-17-10-20-41-42(31)36-16-7-9-19-40(36)50-41/h1-27H. The van der Waals surface area contributed by atoms with Crippen molar-refractivity contribution in [1.82, 2.24) is 15.0 Å². The van der Waals surface area contributed by atoms with Crippen molar-refractivity contribution in [3.8, 4) is 56.2 Å². The van der Waals surface area contributed by atoms with Gasteiger partial charge in [0.05, 0.1) is 11.4 Å². The van der Waals surface area contributed by atoms with E-state index < -0.39 is 0 Å². The van der Waals surface area contributed by atoms with Gasteiger partial charge >= 0.3 is 0 Å². The van der Waals surface area contributed by atoms with E-state index >= 15 is 0 Å². The molecule has 0 aliphatic heterocycles. The molecule has 4 heterocycles. The van der Waals surface area contributed by atoms with Crippen LogP contribution in [0.3, 0.4) is 0 Å². The number of aromatic nitrogens is 3. The van der Waals surface area contributed by atoms with Crippen molar-refractivity contribution in [3.05, 3.63) is 164 Å². The van der Waals surface area contributed by atoms with Gasteiger partial charge in [0.1, 0.15) is 11.2 Å². The summed E-state index contributed by atoms with van der Waals surface area (Å²) < 4.78 is 9.34. The van der Waals surface area contributed by atoms with Crippen molar-refractivity contribution in [3.63, 3.8) is 0 Å². The lowest BCUT2D eigenvalue weighted by molar-refractivity contribution is 0.670. The van der Waals surface area contributed by atoms with E-state index in [1.165, 1.54) is 20.2 Å². The Balaban J connectivity index is 1.26. The number of para-hydroxylation sites is 1. The zero-order valence-electron chi connectivity index (χ0n) is 26.7. The van der Waals surface area contributed by atoms with Crippen LogP contribution in [0.2, 0.25) is 0 Å². The number of benzene rings is 6. The van der Waals surface area contributed by atoms with E-state index in [2.05, 4.69) is 114 Å². The summed E-state index contributed by atoms with van der Waals surface area (Å²) in [6, 6.07) is 52.8. The summed E-state index contributed by atoms with van der Waals surface area (Å²) in [6.45, 7) is 0. The average molecular weight is 658 g/mol. The average Bonchev–Trinajstić information content (AvgIpc) is 3.77. The Bertz CT molecular complexity index is 2870. The first-order valence-corrected chi connectivity index (χ1v) is 17.4. The van der Waals surface area contributed by atoms with Crippen LogP contribution in [-0.2, 0) is 0 Å². The molecule has 0 aliphatic rings. The Morgan fingerprint density at radius 3 is 2.00 bits per heavy atom. The fraction of sp³-hybridized carbons (Fsp3) is 0. The largest absolute Gasteiger partial charge is 0.455 e. The highest BCUT2D eigenvalue weighted by molar-refractivity contribution is 7.25. The number of furan rings is 1. The van der Waals surface area contributed by atoms with Crippen molar-refractivity contribution < 1.29 is 4.42 Å². The maximum Gasteiger partial charge on any atom is 0.161 e. The van der Waals surface area contributed by atoms with Gasteiger partial charge in [-0.25, -0.2) is 9.97 Å². The summed E-state index contributed by atoms with van der Waals surface area (Å²) in [4.78, 5) is 14.8. The first-order chi connectivity index (χ1) is 24.8. The van der Waals surface area contributed by atoms with Crippen molar-refractivity contribution in [2.45, 2.75) is 0 Å². The monoisotopic (exact) mass is 657 g/mol. The van der Waals surface area contributed by atoms with Gasteiger partial charge < -0.3 is 4.42 Å². The molecule has 0 spiro atoms. The molecule has 5 heteroatoms. The second-order valence-electron chi connectivity index (χ2n) is 12.3. The van der Waals surface area contributed by atoms with Crippen LogP contribution in [0.4, 0.5) is 0 Å². The molecule has 0 fully saturated rings. The zero-order chi connectivity index (χ0) is 33.0. The van der Waals surface area contributed by atoms with Crippen LogP contribution in [0.1, 0.15) is 0 Å². The van der Waals surface area contributed by atoms with Crippen LogP contribution in [-0.4, -0.2) is 15.0 Å². The lowest BCUT2D eigenvalue weighted by atomic mass is 9.94. The molecule has 10 rings (SSSR count). The van der Waals surface area contributed by atoms with Crippen LogP contribution in [0.15, 0.2) is 168 Å². The molecule has 0 saturated heterocycles. The Labute approximate surface area is 292 Å². The van der Waals surface area contributed by atoms with E-state index in [0.717, 1.165) is 72.3 Å². The summed E-state index contributed by atoms with van der Waals surface area (Å²) in [5.74, 6) is 0.660. The predicted molar refractivity (Wildman–Crippen MR) is 207 cm³/mol. The van der Waals surface area contributed by atoms with Gasteiger partial charge in [0.15, 0.2) is 5.82 Å². The topological polar surface area (TPSA) is 51.8 Å². The van der Waals surface area contributed by atoms with Crippen LogP contribution >= 0.6 is 11.3 Å². The predicted octanol–water partition coefficient (Wildman–Crippen LogP) is 12.5. The highest BCUT2D eigenvalue weighted by Crippen LogP contribution is 2.46. The summed E-state index contributed by atoms with van der Waals surface area (Å²) in [5, 5.41) is 4.62. The molecule has 0 radical (unpaired) electrons. The van der Waals surface area contributed by atoms with E-state index in [1.54, 1.807) is 0 Å². The number of pyridine rings is 1. The molecule has 6 aromatic carbocycles. The van der Waals surface area contributed by atoms with E-state index in [1.807, 2.05) is 66.2 Å². The lowest BCUT2D eigenvalue weighted by Crippen LogP contribution is -1.98. The van der Waals surface area contributed by atoms with Gasteiger partial charge in [-0.3, -0.25) is 4.98 Å². The van der Waals surface area contributed by atoms with Gasteiger partial charge in [-0.05, 0) is 59.2 Å². The van der Waals surface area contributed by atoms with Crippen LogP contribution in [0.25, 0.3) is 98.3 Å². The summed E-state index contributed by atoms with van der Waals surface area (Å²) in [6.07, 6.45) is 3.64. The first-order valence-electron chi connectivity index (χ1n) is 16.6. The van der Waals surface area contributed by atoms with Crippen molar-refractivity contribution in [2.75, 3.05) is 0 Å². The number of thiophene rings is 1. The van der Waals surface area contributed by atoms with Crippen molar-refractivity contribution in [2.24, 2.45) is 0 Å². The molecule has 4 aromatic heterocycles. The van der Waals surface area contributed by atoms with Crippen LogP contribution in [0, 0.1) is 0 Å². The van der Waals surface area contributed by atoms with E-state index in [4.69, 9.17) is 14.4 Å². The van der Waals surface area contributed by atoms with E-state index in [0.29, 0.717) is 5.82 Å². The Hall–Kier alpha value is -6.43. The quantitative estimate of drug-likeness (QED) is 0.185. The summed E-state index contributed by atoms with van der Waals surface area (Å²) >= 11 is 1.83. The van der Waals surface area contributed by atoms with Gasteiger partial charge in [0.25, 0.3) is 0 Å². The highest BCUT2D eigenvalue weighted by Gasteiger charge is 2.22. The first kappa shape index (κ1) is 28.6. The van der Waals surface area contributed by atoms with Gasteiger partial charge in [0.2, 0.25) is 0 Å². The molecule has 0 amide bonds. The number of hydrogen-bond donors (Lipinski definition) is 0. The molecule has 0 atom stereocenters. The number of hydrogen-bond acceptors (Lipinski definition) is 5. The Kier molecular flexibility index (Phi) is 6.64. The molecule has 0 bridgehead atoms. The zero-order valence-corrected chi connectivity index (χ0v) is 27.6. The second-order valence-corrected chi connectivity index (χ2v) is 13.4. The molecule has 0 N–H and O–H groups in total. The molecule has 0 unspecified atom stereocenters. The Morgan fingerprint density at radius 1 is 0.440 bits per heavy atom. The van der Waals surface area contributed by atoms with Crippen molar-refractivity contribution in [1.29, 1.82) is 0 Å². The van der Waals surface area contributed by atoms with Crippen molar-refractivity contribution >= 4 is 53.4 Å². The van der Waals surface area contributed by atoms with Gasteiger partial charge in [-0.1, -0.05) is 109 Å². The van der Waals surface area contributed by atoms with Crippen LogP contribution in [0.5, 0.6) is 0 Å². The fourth-order valence-electron chi connectivity index (χ4n) is 7.18. The SMILES string of the molecule is c1ccc(-c2cc(-c3ccc(-c4cccc5sc6ccccc6c45)c4oc5ccccc5c34)nc(-c3ccccc3-c3ccncc3)n2)cc1. The molecule has 0 aliphatic carbocycles. The number of nitrogens with zero attached hydrogens (tertiary/aromatic N) is 3. The Morgan fingerprint density at radius 2 is 1.12 bits per heavy atom. The molecule has 234 valence electrons. The normalized spacial score (nSPS) is 11.6. The summed E-state index contributed by atoms with van der Waals surface area (Å²) in [7, 11) is 0. The van der Waals surface area contributed by atoms with Gasteiger partial charge in [0, 0.05) is 65.6 Å². The number of fused-ring (bicyclic) bond motifs is 6. The third kappa shape index (κ3) is 4.63. The molecule has 4 nitrogen and oxygen atoms in total. The third-order valence-corrected chi connectivity index (χ3v) is 10.6. The second kappa shape index (κ2) is 11.6. The van der Waals surface area contributed by atoms with Crippen LogP contribution < -0.4 is 0 Å². The molecule has 0 saturated carbocycles. The maximum absolute atomic E-state index is 6.80. The van der Waals surface area contributed by atoms with E-state index in [9.17, 15) is 0 Å². The van der Waals surface area contributed by atoms with E-state index in [-0.39, 0.29) is 0 Å². The minimum Gasteiger partial charge on any atom is -0.455 e. The third-order valence-electron chi connectivity index (χ3n) is 9.45. The fourth-order valence-corrected chi connectivity index (χ4v) is 8.31. The highest BCUT2D eigenvalue weighted by atomic mass is 32.1. The molecule has 10 aromatic rings. The minimum atomic E-state index is 0.660. The summed E-state index contributed by atoms with van der Waals surface area (Å²) in [5.41, 5.74) is 10.7. The molecular formula is C45H27N3OS.